The number of furan rings is 1. The number of carbonyl (C=O) groups excluding carboxylic acids is 1. The molecule has 1 fully saturated rings. The summed E-state index contributed by atoms with van der Waals surface area (Å²) in [5.74, 6) is -0.614. The number of ether oxygens (including phenoxy) is 1. The first kappa shape index (κ1) is 17.7. The number of morpholine rings is 1. The minimum absolute atomic E-state index is 0.0806. The van der Waals surface area contributed by atoms with Gasteiger partial charge in [-0.3, -0.25) is 4.79 Å². The van der Waals surface area contributed by atoms with Crippen LogP contribution in [0.25, 0.3) is 11.0 Å². The zero-order chi connectivity index (χ0) is 19.0. The van der Waals surface area contributed by atoms with Crippen molar-refractivity contribution in [1.82, 2.24) is 13.9 Å². The number of rotatable bonds is 4. The number of nitrogens with one attached hydrogen (secondary N) is 1. The van der Waals surface area contributed by atoms with Gasteiger partial charge in [0, 0.05) is 25.8 Å². The Morgan fingerprint density at radius 1 is 1.19 bits per heavy atom. The summed E-state index contributed by atoms with van der Waals surface area (Å²) in [5.41, 5.74) is 2.22. The van der Waals surface area contributed by atoms with E-state index in [1.54, 1.807) is 18.5 Å². The molecule has 3 heterocycles. The monoisotopic (exact) mass is 390 g/mol. The lowest BCUT2D eigenvalue weighted by molar-refractivity contribution is 0.0723. The van der Waals surface area contributed by atoms with Crippen LogP contribution in [0.5, 0.6) is 0 Å². The first-order valence-corrected chi connectivity index (χ1v) is 9.79. The Labute approximate surface area is 155 Å². The Kier molecular flexibility index (Phi) is 4.46. The molecule has 0 aliphatic carbocycles. The predicted octanol–water partition coefficient (Wildman–Crippen LogP) is 1.44. The van der Waals surface area contributed by atoms with Crippen molar-refractivity contribution >= 4 is 32.7 Å². The van der Waals surface area contributed by atoms with Gasteiger partial charge in [-0.2, -0.15) is 4.31 Å². The molecular formula is C17H18N4O5S. The van der Waals surface area contributed by atoms with Crippen LogP contribution in [-0.4, -0.2) is 54.5 Å². The summed E-state index contributed by atoms with van der Waals surface area (Å²) in [6.07, 6.45) is 1.69. The maximum atomic E-state index is 12.6. The van der Waals surface area contributed by atoms with Gasteiger partial charge in [0.1, 0.15) is 0 Å². The van der Waals surface area contributed by atoms with Crippen molar-refractivity contribution in [2.75, 3.05) is 31.6 Å². The number of anilines is 1. The second-order valence-electron chi connectivity index (χ2n) is 6.15. The Hall–Kier alpha value is -2.69. The van der Waals surface area contributed by atoms with Crippen LogP contribution in [0.2, 0.25) is 0 Å². The third-order valence-corrected chi connectivity index (χ3v) is 6.13. The summed E-state index contributed by atoms with van der Waals surface area (Å²) < 4.78 is 38.8. The number of sulfonamides is 1. The third-order valence-electron chi connectivity index (χ3n) is 4.35. The number of aryl methyl sites for hydroxylation is 1. The highest BCUT2D eigenvalue weighted by atomic mass is 32.2. The van der Waals surface area contributed by atoms with Crippen LogP contribution in [0.3, 0.4) is 0 Å². The fourth-order valence-electron chi connectivity index (χ4n) is 2.90. The summed E-state index contributed by atoms with van der Waals surface area (Å²) >= 11 is 0. The second kappa shape index (κ2) is 6.80. The van der Waals surface area contributed by atoms with Crippen LogP contribution in [0.1, 0.15) is 10.6 Å². The van der Waals surface area contributed by atoms with E-state index in [-0.39, 0.29) is 23.9 Å². The van der Waals surface area contributed by atoms with E-state index >= 15 is 0 Å². The molecule has 1 amide bonds. The minimum atomic E-state index is -3.78. The molecule has 0 saturated carbocycles. The largest absolute Gasteiger partial charge is 0.438 e. The number of nitrogens with zero attached hydrogens (tertiary/aromatic N) is 3. The van der Waals surface area contributed by atoms with E-state index in [2.05, 4.69) is 10.3 Å². The molecular weight excluding hydrogens is 372 g/mol. The molecule has 1 N–H and O–H groups in total. The minimum Gasteiger partial charge on any atom is -0.438 e. The van der Waals surface area contributed by atoms with Crippen molar-refractivity contribution < 1.29 is 22.4 Å². The molecule has 0 spiro atoms. The molecule has 0 radical (unpaired) electrons. The van der Waals surface area contributed by atoms with Gasteiger partial charge >= 0.3 is 0 Å². The van der Waals surface area contributed by atoms with Crippen LogP contribution < -0.4 is 5.32 Å². The Balaban J connectivity index is 1.52. The molecule has 1 aliphatic heterocycles. The fourth-order valence-corrected chi connectivity index (χ4v) is 4.22. The fraction of sp³-hybridized carbons (Fsp3) is 0.294. The lowest BCUT2D eigenvalue weighted by Gasteiger charge is -2.24. The van der Waals surface area contributed by atoms with E-state index in [1.165, 1.54) is 16.4 Å². The highest BCUT2D eigenvalue weighted by molar-refractivity contribution is 7.89. The molecule has 1 saturated heterocycles. The first-order chi connectivity index (χ1) is 12.9. The highest BCUT2D eigenvalue weighted by Gasteiger charge is 2.30. The lowest BCUT2D eigenvalue weighted by Crippen LogP contribution is -2.40. The van der Waals surface area contributed by atoms with Crippen LogP contribution in [-0.2, 0) is 21.8 Å². The van der Waals surface area contributed by atoms with Crippen molar-refractivity contribution in [3.63, 3.8) is 0 Å². The maximum Gasteiger partial charge on any atom is 0.291 e. The number of hydrogen-bond donors (Lipinski definition) is 1. The number of aromatic nitrogens is 2. The van der Waals surface area contributed by atoms with Gasteiger partial charge in [-0.05, 0) is 30.3 Å². The third kappa shape index (κ3) is 3.34. The number of fused-ring (bicyclic) bond motifs is 1. The van der Waals surface area contributed by atoms with E-state index in [9.17, 15) is 13.2 Å². The average molecular weight is 390 g/mol. The Bertz CT molecular complexity index is 1100. The van der Waals surface area contributed by atoms with E-state index < -0.39 is 15.9 Å². The molecule has 1 aromatic carbocycles. The van der Waals surface area contributed by atoms with Crippen LogP contribution in [0.15, 0.2) is 46.2 Å². The average Bonchev–Trinajstić information content (AvgIpc) is 3.30. The number of amides is 1. The molecule has 0 bridgehead atoms. The van der Waals surface area contributed by atoms with E-state index in [4.69, 9.17) is 9.15 Å². The van der Waals surface area contributed by atoms with Crippen molar-refractivity contribution in [1.29, 1.82) is 0 Å². The van der Waals surface area contributed by atoms with Crippen LogP contribution in [0.4, 0.5) is 5.69 Å². The number of imidazole rings is 1. The number of carbonyl (C=O) groups is 1. The van der Waals surface area contributed by atoms with Crippen molar-refractivity contribution in [3.05, 3.63) is 42.4 Å². The summed E-state index contributed by atoms with van der Waals surface area (Å²) in [6, 6.07) is 7.97. The zero-order valence-corrected chi connectivity index (χ0v) is 15.4. The molecule has 2 aromatic heterocycles. The molecule has 10 heteroatoms. The maximum absolute atomic E-state index is 12.6. The standard InChI is InChI=1S/C17H18N4O5S/c1-20-11-18-13-10-12(2-3-14(13)20)19-17(22)15-4-5-16(26-15)27(23,24)21-6-8-25-9-7-21/h2-5,10-11H,6-9H2,1H3,(H,19,22). The smallest absolute Gasteiger partial charge is 0.291 e. The quantitative estimate of drug-likeness (QED) is 0.722. The molecule has 3 aromatic rings. The summed E-state index contributed by atoms with van der Waals surface area (Å²) in [7, 11) is -1.90. The van der Waals surface area contributed by atoms with Crippen molar-refractivity contribution in [3.8, 4) is 0 Å². The second-order valence-corrected chi connectivity index (χ2v) is 8.02. The van der Waals surface area contributed by atoms with E-state index in [1.807, 2.05) is 17.7 Å². The number of hydrogen-bond acceptors (Lipinski definition) is 6. The highest BCUT2D eigenvalue weighted by Crippen LogP contribution is 2.22. The Morgan fingerprint density at radius 2 is 1.96 bits per heavy atom. The van der Waals surface area contributed by atoms with Crippen LogP contribution >= 0.6 is 0 Å². The van der Waals surface area contributed by atoms with Gasteiger partial charge in [-0.15, -0.1) is 0 Å². The topological polar surface area (TPSA) is 107 Å². The summed E-state index contributed by atoms with van der Waals surface area (Å²) in [4.78, 5) is 16.7. The zero-order valence-electron chi connectivity index (χ0n) is 14.6. The van der Waals surface area contributed by atoms with Gasteiger partial charge in [0.05, 0.1) is 30.6 Å². The van der Waals surface area contributed by atoms with Crippen molar-refractivity contribution in [2.45, 2.75) is 5.09 Å². The normalized spacial score (nSPS) is 15.9. The molecule has 27 heavy (non-hydrogen) atoms. The molecule has 0 atom stereocenters. The SMILES string of the molecule is Cn1cnc2cc(NC(=O)c3ccc(S(=O)(=O)N4CCOCC4)o3)ccc21. The van der Waals surface area contributed by atoms with Crippen LogP contribution in [0, 0.1) is 0 Å². The summed E-state index contributed by atoms with van der Waals surface area (Å²) in [6.45, 7) is 1.19. The predicted molar refractivity (Wildman–Crippen MR) is 97.0 cm³/mol. The first-order valence-electron chi connectivity index (χ1n) is 8.35. The van der Waals surface area contributed by atoms with Gasteiger partial charge < -0.3 is 19.0 Å². The molecule has 0 unspecified atom stereocenters. The molecule has 9 nitrogen and oxygen atoms in total. The van der Waals surface area contributed by atoms with E-state index in [0.29, 0.717) is 18.9 Å². The van der Waals surface area contributed by atoms with Gasteiger partial charge in [0.2, 0.25) is 5.09 Å². The van der Waals surface area contributed by atoms with Gasteiger partial charge in [-0.25, -0.2) is 13.4 Å². The van der Waals surface area contributed by atoms with Gasteiger partial charge in [0.15, 0.2) is 5.76 Å². The Morgan fingerprint density at radius 3 is 2.74 bits per heavy atom. The summed E-state index contributed by atoms with van der Waals surface area (Å²) in [5, 5.41) is 2.44. The molecule has 4 rings (SSSR count). The van der Waals surface area contributed by atoms with E-state index in [0.717, 1.165) is 11.0 Å². The lowest BCUT2D eigenvalue weighted by atomic mass is 10.2. The molecule has 1 aliphatic rings. The van der Waals surface area contributed by atoms with Crippen molar-refractivity contribution in [2.24, 2.45) is 7.05 Å². The van der Waals surface area contributed by atoms with Gasteiger partial charge in [0.25, 0.3) is 15.9 Å². The van der Waals surface area contributed by atoms with Gasteiger partial charge in [-0.1, -0.05) is 0 Å². The number of benzene rings is 1. The molecule has 142 valence electrons.